The fourth-order valence-corrected chi connectivity index (χ4v) is 2.01. The van der Waals surface area contributed by atoms with Crippen molar-refractivity contribution >= 4 is 29.6 Å². The highest BCUT2D eigenvalue weighted by atomic mass is 16.5. The number of amides is 1. The van der Waals surface area contributed by atoms with E-state index in [0.717, 1.165) is 6.08 Å². The summed E-state index contributed by atoms with van der Waals surface area (Å²) in [7, 11) is 1.28. The molecule has 0 spiro atoms. The van der Waals surface area contributed by atoms with Gasteiger partial charge in [-0.15, -0.1) is 0 Å². The number of allylic oxidation sites excluding steroid dienone is 1. The lowest BCUT2D eigenvalue weighted by molar-refractivity contribution is -0.126. The number of ether oxygens (including phenoxy) is 1. The molecule has 0 saturated heterocycles. The number of methoxy groups -OCH3 is 1. The average molecular weight is 349 g/mol. The van der Waals surface area contributed by atoms with E-state index in [2.05, 4.69) is 15.0 Å². The molecule has 2 aromatic rings. The third-order valence-corrected chi connectivity index (χ3v) is 3.36. The van der Waals surface area contributed by atoms with Crippen LogP contribution in [-0.2, 0) is 14.3 Å². The number of esters is 1. The predicted octanol–water partition coefficient (Wildman–Crippen LogP) is 2.23. The van der Waals surface area contributed by atoms with E-state index in [1.165, 1.54) is 19.4 Å². The van der Waals surface area contributed by atoms with E-state index in [-0.39, 0.29) is 5.82 Å². The number of nitrogens with one attached hydrogen (secondary N) is 1. The third-order valence-electron chi connectivity index (χ3n) is 3.36. The standard InChI is InChI=1S/C19H15N3O4/c1-26-19(25)14-8-5-13(6-9-14)7-10-16(23)15(12-20)18(24)22-17-4-2-3-11-21-17/h2-11,15H,1H3,(H,21,22,24)/b10-7+. The zero-order valence-electron chi connectivity index (χ0n) is 13.9. The molecule has 7 nitrogen and oxygen atoms in total. The Labute approximate surface area is 149 Å². The van der Waals surface area contributed by atoms with E-state index in [0.29, 0.717) is 11.1 Å². The number of hydrogen-bond acceptors (Lipinski definition) is 6. The summed E-state index contributed by atoms with van der Waals surface area (Å²) in [5.74, 6) is -3.09. The fraction of sp³-hybridized carbons (Fsp3) is 0.105. The van der Waals surface area contributed by atoms with E-state index >= 15 is 0 Å². The van der Waals surface area contributed by atoms with Crippen molar-refractivity contribution in [3.8, 4) is 6.07 Å². The Morgan fingerprint density at radius 1 is 1.19 bits per heavy atom. The van der Waals surface area contributed by atoms with Gasteiger partial charge in [-0.2, -0.15) is 5.26 Å². The van der Waals surface area contributed by atoms with Crippen molar-refractivity contribution in [3.05, 3.63) is 65.9 Å². The second-order valence-electron chi connectivity index (χ2n) is 5.12. The summed E-state index contributed by atoms with van der Waals surface area (Å²) in [6, 6.07) is 12.9. The number of ketones is 1. The molecular formula is C19H15N3O4. The van der Waals surface area contributed by atoms with Gasteiger partial charge in [-0.1, -0.05) is 24.3 Å². The molecule has 2 rings (SSSR count). The van der Waals surface area contributed by atoms with Crippen LogP contribution in [-0.4, -0.2) is 29.8 Å². The van der Waals surface area contributed by atoms with Crippen LogP contribution in [0, 0.1) is 17.2 Å². The number of hydrogen-bond donors (Lipinski definition) is 1. The minimum atomic E-state index is -1.48. The van der Waals surface area contributed by atoms with Gasteiger partial charge in [0.05, 0.1) is 18.7 Å². The van der Waals surface area contributed by atoms with Gasteiger partial charge in [0, 0.05) is 6.20 Å². The quantitative estimate of drug-likeness (QED) is 0.486. The molecule has 1 aromatic carbocycles. The number of nitriles is 1. The van der Waals surface area contributed by atoms with E-state index < -0.39 is 23.6 Å². The van der Waals surface area contributed by atoms with Crippen LogP contribution in [0.1, 0.15) is 15.9 Å². The number of anilines is 1. The molecule has 0 aliphatic heterocycles. The van der Waals surface area contributed by atoms with Crippen molar-refractivity contribution < 1.29 is 19.1 Å². The van der Waals surface area contributed by atoms with Crippen LogP contribution in [0.3, 0.4) is 0 Å². The Morgan fingerprint density at radius 3 is 2.50 bits per heavy atom. The van der Waals surface area contributed by atoms with Crippen molar-refractivity contribution in [3.63, 3.8) is 0 Å². The van der Waals surface area contributed by atoms with Crippen LogP contribution in [0.4, 0.5) is 5.82 Å². The molecule has 1 unspecified atom stereocenters. The molecule has 0 aliphatic rings. The zero-order chi connectivity index (χ0) is 18.9. The molecule has 1 heterocycles. The summed E-state index contributed by atoms with van der Waals surface area (Å²) in [4.78, 5) is 39.5. The van der Waals surface area contributed by atoms with Gasteiger partial charge in [-0.25, -0.2) is 9.78 Å². The lowest BCUT2D eigenvalue weighted by Crippen LogP contribution is -2.27. The molecule has 0 aliphatic carbocycles. The second-order valence-corrected chi connectivity index (χ2v) is 5.12. The molecule has 0 saturated carbocycles. The highest BCUT2D eigenvalue weighted by molar-refractivity contribution is 6.14. The van der Waals surface area contributed by atoms with Crippen molar-refractivity contribution in [2.75, 3.05) is 12.4 Å². The maximum atomic E-state index is 12.1. The maximum Gasteiger partial charge on any atom is 0.337 e. The van der Waals surface area contributed by atoms with Gasteiger partial charge in [0.15, 0.2) is 11.7 Å². The monoisotopic (exact) mass is 349 g/mol. The largest absolute Gasteiger partial charge is 0.465 e. The van der Waals surface area contributed by atoms with Gasteiger partial charge >= 0.3 is 5.97 Å². The smallest absolute Gasteiger partial charge is 0.337 e. The van der Waals surface area contributed by atoms with Crippen LogP contribution in [0.5, 0.6) is 0 Å². The lowest BCUT2D eigenvalue weighted by Gasteiger charge is -2.06. The van der Waals surface area contributed by atoms with Crippen LogP contribution >= 0.6 is 0 Å². The first-order valence-corrected chi connectivity index (χ1v) is 7.57. The maximum absolute atomic E-state index is 12.1. The minimum Gasteiger partial charge on any atom is -0.465 e. The van der Waals surface area contributed by atoms with Gasteiger partial charge in [-0.05, 0) is 35.9 Å². The second kappa shape index (κ2) is 8.89. The molecular weight excluding hydrogens is 334 g/mol. The van der Waals surface area contributed by atoms with E-state index in [4.69, 9.17) is 5.26 Å². The summed E-state index contributed by atoms with van der Waals surface area (Å²) < 4.78 is 4.60. The van der Waals surface area contributed by atoms with Gasteiger partial charge in [0.1, 0.15) is 5.82 Å². The highest BCUT2D eigenvalue weighted by Gasteiger charge is 2.24. The van der Waals surface area contributed by atoms with Crippen LogP contribution in [0.2, 0.25) is 0 Å². The summed E-state index contributed by atoms with van der Waals surface area (Å²) in [6.07, 6.45) is 4.09. The molecule has 0 bridgehead atoms. The topological polar surface area (TPSA) is 109 Å². The molecule has 7 heteroatoms. The van der Waals surface area contributed by atoms with Crippen LogP contribution < -0.4 is 5.32 Å². The lowest BCUT2D eigenvalue weighted by atomic mass is 10.0. The Balaban J connectivity index is 2.04. The molecule has 0 radical (unpaired) electrons. The Kier molecular flexibility index (Phi) is 6.34. The number of carbonyl (C=O) groups is 3. The molecule has 0 fully saturated rings. The Morgan fingerprint density at radius 2 is 1.92 bits per heavy atom. The number of benzene rings is 1. The van der Waals surface area contributed by atoms with Crippen molar-refractivity contribution in [2.45, 2.75) is 0 Å². The van der Waals surface area contributed by atoms with Gasteiger partial charge < -0.3 is 10.1 Å². The first-order chi connectivity index (χ1) is 12.5. The van der Waals surface area contributed by atoms with Crippen molar-refractivity contribution in [2.24, 2.45) is 5.92 Å². The van der Waals surface area contributed by atoms with Crippen LogP contribution in [0.25, 0.3) is 6.08 Å². The number of pyridine rings is 1. The van der Waals surface area contributed by atoms with Crippen molar-refractivity contribution in [1.29, 1.82) is 5.26 Å². The summed E-state index contributed by atoms with van der Waals surface area (Å²) in [6.45, 7) is 0. The molecule has 130 valence electrons. The van der Waals surface area contributed by atoms with Gasteiger partial charge in [0.2, 0.25) is 0 Å². The summed E-state index contributed by atoms with van der Waals surface area (Å²) in [5, 5.41) is 11.5. The molecule has 1 aromatic heterocycles. The predicted molar refractivity (Wildman–Crippen MR) is 93.8 cm³/mol. The first-order valence-electron chi connectivity index (χ1n) is 7.57. The zero-order valence-corrected chi connectivity index (χ0v) is 13.9. The number of carbonyl (C=O) groups excluding carboxylic acids is 3. The molecule has 26 heavy (non-hydrogen) atoms. The first kappa shape index (κ1) is 18.5. The van der Waals surface area contributed by atoms with Gasteiger partial charge in [0.25, 0.3) is 5.91 Å². The molecule has 1 N–H and O–H groups in total. The van der Waals surface area contributed by atoms with E-state index in [9.17, 15) is 14.4 Å². The molecule has 1 atom stereocenters. The minimum absolute atomic E-state index is 0.257. The number of aromatic nitrogens is 1. The number of rotatable bonds is 6. The third kappa shape index (κ3) is 4.85. The van der Waals surface area contributed by atoms with E-state index in [1.54, 1.807) is 48.5 Å². The normalized spacial score (nSPS) is 11.4. The SMILES string of the molecule is COC(=O)c1ccc(/C=C/C(=O)C(C#N)C(=O)Nc2ccccn2)cc1. The Hall–Kier alpha value is -3.79. The van der Waals surface area contributed by atoms with E-state index in [1.807, 2.05) is 0 Å². The van der Waals surface area contributed by atoms with Crippen molar-refractivity contribution in [1.82, 2.24) is 4.98 Å². The van der Waals surface area contributed by atoms with Gasteiger partial charge in [-0.3, -0.25) is 9.59 Å². The average Bonchev–Trinajstić information content (AvgIpc) is 2.67. The fourth-order valence-electron chi connectivity index (χ4n) is 2.01. The summed E-state index contributed by atoms with van der Waals surface area (Å²) in [5.41, 5.74) is 1.01. The number of nitrogens with zero attached hydrogens (tertiary/aromatic N) is 2. The highest BCUT2D eigenvalue weighted by Crippen LogP contribution is 2.10. The van der Waals surface area contributed by atoms with Crippen LogP contribution in [0.15, 0.2) is 54.7 Å². The molecule has 1 amide bonds. The Bertz CT molecular complexity index is 868. The summed E-state index contributed by atoms with van der Waals surface area (Å²) >= 11 is 0.